The van der Waals surface area contributed by atoms with Gasteiger partial charge in [0.1, 0.15) is 6.29 Å². The van der Waals surface area contributed by atoms with E-state index in [0.717, 1.165) is 12.7 Å². The minimum atomic E-state index is -0.323. The van der Waals surface area contributed by atoms with Crippen LogP contribution in [0.25, 0.3) is 0 Å². The van der Waals surface area contributed by atoms with Gasteiger partial charge in [0.15, 0.2) is 0 Å². The monoisotopic (exact) mass is 172 g/mol. The van der Waals surface area contributed by atoms with Crippen LogP contribution in [0.2, 0.25) is 0 Å². The summed E-state index contributed by atoms with van der Waals surface area (Å²) in [4.78, 5) is 21.4. The van der Waals surface area contributed by atoms with Gasteiger partial charge in [0.2, 0.25) is 5.91 Å². The zero-order valence-corrected chi connectivity index (χ0v) is 7.59. The first-order valence-corrected chi connectivity index (χ1v) is 4.13. The molecule has 0 saturated heterocycles. The molecule has 0 aromatic heterocycles. The van der Waals surface area contributed by atoms with Crippen LogP contribution in [0.4, 0.5) is 0 Å². The Morgan fingerprint density at radius 2 is 2.25 bits per heavy atom. The molecule has 0 heterocycles. The Hall–Kier alpha value is -0.900. The lowest BCUT2D eigenvalue weighted by Gasteiger charge is -2.10. The number of nitrogens with one attached hydrogen (secondary N) is 2. The van der Waals surface area contributed by atoms with E-state index in [0.29, 0.717) is 6.42 Å². The van der Waals surface area contributed by atoms with Crippen LogP contribution in [-0.4, -0.2) is 31.8 Å². The summed E-state index contributed by atoms with van der Waals surface area (Å²) in [5.41, 5.74) is 0. The smallest absolute Gasteiger partial charge is 0.234 e. The maximum atomic E-state index is 11.0. The number of hydrogen-bond donors (Lipinski definition) is 2. The topological polar surface area (TPSA) is 58.2 Å². The highest BCUT2D eigenvalue weighted by Crippen LogP contribution is 1.92. The Morgan fingerprint density at radius 3 is 2.67 bits per heavy atom. The van der Waals surface area contributed by atoms with Gasteiger partial charge in [0.25, 0.3) is 0 Å². The third-order valence-electron chi connectivity index (χ3n) is 1.45. The van der Waals surface area contributed by atoms with Gasteiger partial charge in [-0.1, -0.05) is 13.3 Å². The molecule has 1 unspecified atom stereocenters. The van der Waals surface area contributed by atoms with Crippen molar-refractivity contribution in [1.29, 1.82) is 0 Å². The van der Waals surface area contributed by atoms with Gasteiger partial charge in [-0.15, -0.1) is 0 Å². The van der Waals surface area contributed by atoms with Crippen LogP contribution in [0.15, 0.2) is 0 Å². The predicted octanol–water partition coefficient (Wildman–Crippen LogP) is -0.310. The van der Waals surface area contributed by atoms with Crippen LogP contribution in [0.5, 0.6) is 0 Å². The first-order chi connectivity index (χ1) is 5.74. The molecule has 70 valence electrons. The summed E-state index contributed by atoms with van der Waals surface area (Å²) >= 11 is 0. The van der Waals surface area contributed by atoms with Gasteiger partial charge in [-0.2, -0.15) is 0 Å². The number of carbonyl (C=O) groups excluding carboxylic acids is 2. The van der Waals surface area contributed by atoms with Crippen LogP contribution in [0.3, 0.4) is 0 Å². The average Bonchev–Trinajstić information content (AvgIpc) is 2.04. The second-order valence-electron chi connectivity index (χ2n) is 2.63. The van der Waals surface area contributed by atoms with Crippen molar-refractivity contribution in [2.45, 2.75) is 25.8 Å². The molecular weight excluding hydrogens is 156 g/mol. The largest absolute Gasteiger partial charge is 0.345 e. The molecule has 0 radical (unpaired) electrons. The second-order valence-corrected chi connectivity index (χ2v) is 2.63. The number of amides is 1. The van der Waals surface area contributed by atoms with Crippen LogP contribution in [0.1, 0.15) is 19.8 Å². The summed E-state index contributed by atoms with van der Waals surface area (Å²) < 4.78 is 0. The lowest BCUT2D eigenvalue weighted by atomic mass is 10.2. The van der Waals surface area contributed by atoms with Crippen molar-refractivity contribution in [3.05, 3.63) is 0 Å². The van der Waals surface area contributed by atoms with Gasteiger partial charge >= 0.3 is 0 Å². The zero-order chi connectivity index (χ0) is 9.40. The maximum Gasteiger partial charge on any atom is 0.234 e. The summed E-state index contributed by atoms with van der Waals surface area (Å²) in [6.45, 7) is 2.23. The summed E-state index contributed by atoms with van der Waals surface area (Å²) in [6.07, 6.45) is 2.37. The first kappa shape index (κ1) is 11.1. The third-order valence-corrected chi connectivity index (χ3v) is 1.45. The van der Waals surface area contributed by atoms with E-state index < -0.39 is 0 Å². The van der Waals surface area contributed by atoms with E-state index in [2.05, 4.69) is 10.6 Å². The third kappa shape index (κ3) is 4.85. The molecule has 1 amide bonds. The second kappa shape index (κ2) is 6.79. The van der Waals surface area contributed by atoms with Crippen LogP contribution in [0, 0.1) is 0 Å². The van der Waals surface area contributed by atoms with Crippen molar-refractivity contribution in [2.24, 2.45) is 0 Å². The van der Waals surface area contributed by atoms with Crippen molar-refractivity contribution < 1.29 is 9.59 Å². The molecule has 12 heavy (non-hydrogen) atoms. The number of aldehydes is 1. The summed E-state index contributed by atoms with van der Waals surface area (Å²) in [7, 11) is 1.69. The number of hydrogen-bond acceptors (Lipinski definition) is 3. The Kier molecular flexibility index (Phi) is 6.28. The Balaban J connectivity index is 3.68. The molecule has 4 nitrogen and oxygen atoms in total. The fourth-order valence-corrected chi connectivity index (χ4v) is 0.904. The molecule has 1 atom stereocenters. The highest BCUT2D eigenvalue weighted by Gasteiger charge is 2.08. The normalized spacial score (nSPS) is 12.2. The molecule has 2 N–H and O–H groups in total. The molecule has 4 heteroatoms. The molecule has 0 fully saturated rings. The summed E-state index contributed by atoms with van der Waals surface area (Å²) in [5.74, 6) is -0.136. The molecular formula is C8H16N2O2. The maximum absolute atomic E-state index is 11.0. The van der Waals surface area contributed by atoms with Crippen molar-refractivity contribution >= 4 is 12.2 Å². The van der Waals surface area contributed by atoms with Gasteiger partial charge in [-0.25, -0.2) is 0 Å². The lowest BCUT2D eigenvalue weighted by molar-refractivity contribution is -0.123. The first-order valence-electron chi connectivity index (χ1n) is 4.13. The minimum Gasteiger partial charge on any atom is -0.345 e. The standard InChI is InChI=1S/C8H16N2O2/c1-3-4-7(6-11)10-8(12)5-9-2/h6-7,9H,3-5H2,1-2H3,(H,10,12). The summed E-state index contributed by atoms with van der Waals surface area (Å²) in [5, 5.41) is 5.31. The fourth-order valence-electron chi connectivity index (χ4n) is 0.904. The highest BCUT2D eigenvalue weighted by atomic mass is 16.2. The van der Waals surface area contributed by atoms with Gasteiger partial charge in [-0.05, 0) is 13.5 Å². The molecule has 0 aliphatic carbocycles. The fraction of sp³-hybridized carbons (Fsp3) is 0.750. The van der Waals surface area contributed by atoms with Crippen LogP contribution < -0.4 is 10.6 Å². The average molecular weight is 172 g/mol. The minimum absolute atomic E-state index is 0.136. The lowest BCUT2D eigenvalue weighted by Crippen LogP contribution is -2.40. The van der Waals surface area contributed by atoms with Crippen LogP contribution in [-0.2, 0) is 9.59 Å². The molecule has 0 saturated carbocycles. The predicted molar refractivity (Wildman–Crippen MR) is 46.8 cm³/mol. The van der Waals surface area contributed by atoms with Gasteiger partial charge < -0.3 is 15.4 Å². The molecule has 0 spiro atoms. The van der Waals surface area contributed by atoms with Crippen molar-refractivity contribution in [3.63, 3.8) is 0 Å². The van der Waals surface area contributed by atoms with Crippen molar-refractivity contribution in [2.75, 3.05) is 13.6 Å². The highest BCUT2D eigenvalue weighted by molar-refractivity contribution is 5.81. The molecule has 0 aliphatic rings. The zero-order valence-electron chi connectivity index (χ0n) is 7.59. The van der Waals surface area contributed by atoms with E-state index in [4.69, 9.17) is 0 Å². The molecule has 0 bridgehead atoms. The van der Waals surface area contributed by atoms with E-state index >= 15 is 0 Å². The SMILES string of the molecule is CCCC(C=O)NC(=O)CNC. The number of rotatable bonds is 6. The molecule has 0 aromatic carbocycles. The van der Waals surface area contributed by atoms with Gasteiger partial charge in [-0.3, -0.25) is 4.79 Å². The number of carbonyl (C=O) groups is 2. The van der Waals surface area contributed by atoms with Crippen molar-refractivity contribution in [3.8, 4) is 0 Å². The van der Waals surface area contributed by atoms with E-state index in [1.54, 1.807) is 7.05 Å². The molecule has 0 rings (SSSR count). The van der Waals surface area contributed by atoms with E-state index in [1.165, 1.54) is 0 Å². The van der Waals surface area contributed by atoms with Gasteiger partial charge in [0.05, 0.1) is 12.6 Å². The molecule has 0 aliphatic heterocycles. The summed E-state index contributed by atoms with van der Waals surface area (Å²) in [6, 6.07) is -0.323. The van der Waals surface area contributed by atoms with E-state index in [-0.39, 0.29) is 18.5 Å². The molecule has 0 aromatic rings. The number of likely N-dealkylation sites (N-methyl/N-ethyl adjacent to an activating group) is 1. The Labute approximate surface area is 72.7 Å². The Bertz CT molecular complexity index is 148. The quantitative estimate of drug-likeness (QED) is 0.540. The Morgan fingerprint density at radius 1 is 1.58 bits per heavy atom. The van der Waals surface area contributed by atoms with E-state index in [9.17, 15) is 9.59 Å². The van der Waals surface area contributed by atoms with Crippen molar-refractivity contribution in [1.82, 2.24) is 10.6 Å². The van der Waals surface area contributed by atoms with Crippen LogP contribution >= 0.6 is 0 Å². The van der Waals surface area contributed by atoms with Gasteiger partial charge in [0, 0.05) is 0 Å². The van der Waals surface area contributed by atoms with E-state index in [1.807, 2.05) is 6.92 Å².